The van der Waals surface area contributed by atoms with Crippen molar-refractivity contribution in [3.05, 3.63) is 0 Å². The number of hydrogen-bond donors (Lipinski definition) is 2. The van der Waals surface area contributed by atoms with E-state index in [1.165, 1.54) is 25.7 Å². The Balaban J connectivity index is 2.41. The van der Waals surface area contributed by atoms with Crippen molar-refractivity contribution < 1.29 is 5.11 Å². The molecule has 0 aromatic heterocycles. The summed E-state index contributed by atoms with van der Waals surface area (Å²) in [5.74, 6) is 0. The summed E-state index contributed by atoms with van der Waals surface area (Å²) in [6.07, 6.45) is 9.03. The summed E-state index contributed by atoms with van der Waals surface area (Å²) in [5, 5.41) is 13.5. The molecular weight excluding hydrogens is 218 g/mol. The molecule has 1 fully saturated rings. The van der Waals surface area contributed by atoms with Crippen molar-refractivity contribution in [1.82, 2.24) is 5.32 Å². The van der Waals surface area contributed by atoms with Crippen molar-refractivity contribution in [1.29, 1.82) is 0 Å². The van der Waals surface area contributed by atoms with E-state index in [0.717, 1.165) is 19.4 Å². The lowest BCUT2D eigenvalue weighted by Gasteiger charge is -2.35. The fourth-order valence-electron chi connectivity index (χ4n) is 2.53. The molecule has 16 heavy (non-hydrogen) atoms. The van der Waals surface area contributed by atoms with Gasteiger partial charge in [0.1, 0.15) is 0 Å². The Kier molecular flexibility index (Phi) is 6.16. The molecule has 0 aliphatic heterocycles. The minimum Gasteiger partial charge on any atom is -0.392 e. The van der Waals surface area contributed by atoms with E-state index in [4.69, 9.17) is 0 Å². The molecule has 0 aromatic carbocycles. The number of hydrogen-bond acceptors (Lipinski definition) is 3. The molecule has 0 aromatic rings. The molecule has 1 rings (SSSR count). The standard InChI is InChI=1S/C13H27NOS/c1-4-13(5-2,16-3)10-14-11-8-6-7-9-12(11)15/h11-12,14-15H,4-10H2,1-3H3/t11-,12-/m1/s1. The quantitative estimate of drug-likeness (QED) is 0.755. The minimum atomic E-state index is -0.123. The molecule has 1 aliphatic rings. The van der Waals surface area contributed by atoms with Gasteiger partial charge in [0.25, 0.3) is 0 Å². The molecule has 0 spiro atoms. The molecule has 3 heteroatoms. The second-order valence-corrected chi connectivity index (χ2v) is 6.21. The number of nitrogens with one attached hydrogen (secondary N) is 1. The second kappa shape index (κ2) is 6.87. The van der Waals surface area contributed by atoms with Gasteiger partial charge >= 0.3 is 0 Å². The molecule has 2 atom stereocenters. The lowest BCUT2D eigenvalue weighted by atomic mass is 9.91. The maximum absolute atomic E-state index is 9.91. The van der Waals surface area contributed by atoms with Gasteiger partial charge < -0.3 is 10.4 Å². The number of rotatable bonds is 6. The largest absolute Gasteiger partial charge is 0.392 e. The Morgan fingerprint density at radius 1 is 1.25 bits per heavy atom. The van der Waals surface area contributed by atoms with Gasteiger partial charge in [-0.25, -0.2) is 0 Å². The van der Waals surface area contributed by atoms with Gasteiger partial charge in [0, 0.05) is 17.3 Å². The van der Waals surface area contributed by atoms with Crippen LogP contribution >= 0.6 is 11.8 Å². The highest BCUT2D eigenvalue weighted by atomic mass is 32.2. The van der Waals surface area contributed by atoms with Crippen LogP contribution in [0.3, 0.4) is 0 Å². The van der Waals surface area contributed by atoms with E-state index in [1.54, 1.807) is 0 Å². The first kappa shape index (κ1) is 14.3. The third kappa shape index (κ3) is 3.64. The minimum absolute atomic E-state index is 0.123. The molecule has 1 saturated carbocycles. The molecule has 96 valence electrons. The SMILES string of the molecule is CCC(CC)(CN[C@@H]1CCCC[C@H]1O)SC. The van der Waals surface area contributed by atoms with E-state index in [1.807, 2.05) is 11.8 Å². The molecule has 0 amide bonds. The van der Waals surface area contributed by atoms with Gasteiger partial charge in [0.05, 0.1) is 6.10 Å². The zero-order chi connectivity index (χ0) is 12.0. The summed E-state index contributed by atoms with van der Waals surface area (Å²) in [5.41, 5.74) is 0. The lowest BCUT2D eigenvalue weighted by Crippen LogP contribution is -2.48. The van der Waals surface area contributed by atoms with Crippen LogP contribution in [-0.2, 0) is 0 Å². The van der Waals surface area contributed by atoms with Crippen LogP contribution < -0.4 is 5.32 Å². The summed E-state index contributed by atoms with van der Waals surface area (Å²) in [6, 6.07) is 0.332. The highest BCUT2D eigenvalue weighted by molar-refractivity contribution is 8.00. The highest BCUT2D eigenvalue weighted by Crippen LogP contribution is 2.30. The van der Waals surface area contributed by atoms with E-state index in [0.29, 0.717) is 10.8 Å². The Morgan fingerprint density at radius 3 is 2.38 bits per heavy atom. The van der Waals surface area contributed by atoms with Gasteiger partial charge in [0.2, 0.25) is 0 Å². The van der Waals surface area contributed by atoms with E-state index in [2.05, 4.69) is 25.4 Å². The van der Waals surface area contributed by atoms with Gasteiger partial charge in [-0.05, 0) is 31.9 Å². The van der Waals surface area contributed by atoms with Gasteiger partial charge in [0.15, 0.2) is 0 Å². The predicted octanol–water partition coefficient (Wildman–Crippen LogP) is 2.80. The van der Waals surface area contributed by atoms with Crippen molar-refractivity contribution in [3.8, 4) is 0 Å². The van der Waals surface area contributed by atoms with E-state index >= 15 is 0 Å². The molecule has 0 saturated heterocycles. The van der Waals surface area contributed by atoms with Crippen molar-refractivity contribution in [3.63, 3.8) is 0 Å². The van der Waals surface area contributed by atoms with Crippen LogP contribution in [0.2, 0.25) is 0 Å². The van der Waals surface area contributed by atoms with E-state index in [-0.39, 0.29) is 6.10 Å². The van der Waals surface area contributed by atoms with Crippen molar-refractivity contribution in [2.75, 3.05) is 12.8 Å². The fraction of sp³-hybridized carbons (Fsp3) is 1.00. The third-order valence-electron chi connectivity index (χ3n) is 4.14. The molecule has 0 radical (unpaired) electrons. The number of aliphatic hydroxyl groups excluding tert-OH is 1. The first-order valence-corrected chi connectivity index (χ1v) is 7.86. The van der Waals surface area contributed by atoms with Crippen LogP contribution in [0.5, 0.6) is 0 Å². The van der Waals surface area contributed by atoms with Gasteiger partial charge in [-0.1, -0.05) is 26.7 Å². The van der Waals surface area contributed by atoms with E-state index in [9.17, 15) is 5.11 Å². The third-order valence-corrected chi connectivity index (χ3v) is 5.73. The van der Waals surface area contributed by atoms with Crippen LogP contribution in [0.25, 0.3) is 0 Å². The van der Waals surface area contributed by atoms with Crippen LogP contribution in [0.15, 0.2) is 0 Å². The lowest BCUT2D eigenvalue weighted by molar-refractivity contribution is 0.0895. The first-order chi connectivity index (χ1) is 7.67. The fourth-order valence-corrected chi connectivity index (χ4v) is 3.33. The average Bonchev–Trinajstić information content (AvgIpc) is 2.34. The summed E-state index contributed by atoms with van der Waals surface area (Å²) in [6.45, 7) is 5.56. The van der Waals surface area contributed by atoms with Crippen LogP contribution in [0.4, 0.5) is 0 Å². The Labute approximate surface area is 105 Å². The van der Waals surface area contributed by atoms with Crippen molar-refractivity contribution in [2.45, 2.75) is 69.3 Å². The first-order valence-electron chi connectivity index (χ1n) is 6.64. The molecule has 0 unspecified atom stereocenters. The number of thioether (sulfide) groups is 1. The maximum atomic E-state index is 9.91. The Morgan fingerprint density at radius 2 is 1.88 bits per heavy atom. The van der Waals surface area contributed by atoms with Crippen LogP contribution in [-0.4, -0.2) is 34.8 Å². The summed E-state index contributed by atoms with van der Waals surface area (Å²) in [4.78, 5) is 0. The molecule has 2 N–H and O–H groups in total. The van der Waals surface area contributed by atoms with Gasteiger partial charge in [-0.15, -0.1) is 0 Å². The highest BCUT2D eigenvalue weighted by Gasteiger charge is 2.28. The Hall–Kier alpha value is 0.270. The second-order valence-electron chi connectivity index (χ2n) is 4.93. The number of aliphatic hydroxyl groups is 1. The van der Waals surface area contributed by atoms with Crippen molar-refractivity contribution >= 4 is 11.8 Å². The molecular formula is C13H27NOS. The smallest absolute Gasteiger partial charge is 0.0693 e. The topological polar surface area (TPSA) is 32.3 Å². The molecule has 0 bridgehead atoms. The average molecular weight is 245 g/mol. The zero-order valence-electron chi connectivity index (χ0n) is 11.0. The summed E-state index contributed by atoms with van der Waals surface area (Å²) >= 11 is 1.96. The zero-order valence-corrected chi connectivity index (χ0v) is 11.8. The molecule has 1 aliphatic carbocycles. The van der Waals surface area contributed by atoms with Crippen LogP contribution in [0.1, 0.15) is 52.4 Å². The predicted molar refractivity (Wildman–Crippen MR) is 73.1 cm³/mol. The Bertz CT molecular complexity index is 186. The molecule has 0 heterocycles. The van der Waals surface area contributed by atoms with Gasteiger partial charge in [-0.3, -0.25) is 0 Å². The monoisotopic (exact) mass is 245 g/mol. The summed E-state index contributed by atoms with van der Waals surface area (Å²) in [7, 11) is 0. The van der Waals surface area contributed by atoms with E-state index < -0.39 is 0 Å². The van der Waals surface area contributed by atoms with Crippen LogP contribution in [0, 0.1) is 0 Å². The summed E-state index contributed by atoms with van der Waals surface area (Å²) < 4.78 is 0.358. The normalized spacial score (nSPS) is 27.0. The van der Waals surface area contributed by atoms with Gasteiger partial charge in [-0.2, -0.15) is 11.8 Å². The molecule has 2 nitrogen and oxygen atoms in total. The van der Waals surface area contributed by atoms with Crippen molar-refractivity contribution in [2.24, 2.45) is 0 Å². The maximum Gasteiger partial charge on any atom is 0.0693 e.